The molecule has 0 fully saturated rings. The van der Waals surface area contributed by atoms with Gasteiger partial charge >= 0.3 is 0 Å². The first-order chi connectivity index (χ1) is 18.0. The Kier molecular flexibility index (Phi) is 15.9. The van der Waals surface area contributed by atoms with E-state index >= 15 is 0 Å². The lowest BCUT2D eigenvalue weighted by Gasteiger charge is -2.11. The molecule has 0 aliphatic carbocycles. The lowest BCUT2D eigenvalue weighted by Crippen LogP contribution is -2.32. The van der Waals surface area contributed by atoms with Crippen LogP contribution in [0, 0.1) is 6.92 Å². The number of ether oxygens (including phenoxy) is 4. The fraction of sp³-hybridized carbons (Fsp3) is 0.640. The van der Waals surface area contributed by atoms with E-state index in [1.54, 1.807) is 23.9 Å². The van der Waals surface area contributed by atoms with Crippen molar-refractivity contribution >= 4 is 34.4 Å². The molecule has 1 aliphatic rings. The first-order valence-electron chi connectivity index (χ1n) is 12.6. The number of hydrogen-bond acceptors (Lipinski definition) is 10. The third kappa shape index (κ3) is 13.8. The molecule has 0 saturated heterocycles. The first kappa shape index (κ1) is 31.0. The van der Waals surface area contributed by atoms with Gasteiger partial charge in [0.15, 0.2) is 5.17 Å². The average Bonchev–Trinajstić information content (AvgIpc) is 3.29. The highest BCUT2D eigenvalue weighted by atomic mass is 32.2. The minimum Gasteiger partial charge on any atom is -0.379 e. The second-order valence-electron chi connectivity index (χ2n) is 8.35. The molecule has 11 nitrogen and oxygen atoms in total. The van der Waals surface area contributed by atoms with Gasteiger partial charge in [-0.25, -0.2) is 0 Å². The minimum absolute atomic E-state index is 0.123. The standard InChI is InChI=1S/C25H41N5O6S/c1-19-16-21(4-5-22(19)24(32)30-25-29-17-20(2)37-25)28-18-23(31)27-7-9-34-11-13-36-15-14-35-12-10-33-8-3-6-26/h4-5,16,20,28H,3,6-15,17-18,26H2,1-2H3,(H,27,31)(H,29,30,32). The second-order valence-corrected chi connectivity index (χ2v) is 9.78. The van der Waals surface area contributed by atoms with E-state index in [0.717, 1.165) is 17.7 Å². The molecule has 1 aromatic rings. The van der Waals surface area contributed by atoms with Gasteiger partial charge < -0.3 is 40.6 Å². The van der Waals surface area contributed by atoms with Crippen LogP contribution in [-0.2, 0) is 23.7 Å². The van der Waals surface area contributed by atoms with E-state index in [2.05, 4.69) is 27.9 Å². The van der Waals surface area contributed by atoms with Gasteiger partial charge in [-0.2, -0.15) is 0 Å². The smallest absolute Gasteiger partial charge is 0.257 e. The zero-order chi connectivity index (χ0) is 26.7. The van der Waals surface area contributed by atoms with Crippen molar-refractivity contribution in [2.45, 2.75) is 25.5 Å². The molecule has 208 valence electrons. The number of carbonyl (C=O) groups excluding carboxylic acids is 2. The summed E-state index contributed by atoms with van der Waals surface area (Å²) in [4.78, 5) is 28.9. The van der Waals surface area contributed by atoms with E-state index < -0.39 is 0 Å². The van der Waals surface area contributed by atoms with E-state index in [-0.39, 0.29) is 18.4 Å². The minimum atomic E-state index is -0.180. The summed E-state index contributed by atoms with van der Waals surface area (Å²) in [6.45, 7) is 9.89. The van der Waals surface area contributed by atoms with E-state index in [1.807, 2.05) is 13.0 Å². The van der Waals surface area contributed by atoms with Gasteiger partial charge in [0, 0.05) is 29.7 Å². The van der Waals surface area contributed by atoms with Crippen molar-refractivity contribution in [3.8, 4) is 0 Å². The molecule has 1 unspecified atom stereocenters. The molecule has 1 heterocycles. The van der Waals surface area contributed by atoms with Crippen LogP contribution in [0.15, 0.2) is 23.2 Å². The fourth-order valence-corrected chi connectivity index (χ4v) is 4.02. The lowest BCUT2D eigenvalue weighted by atomic mass is 10.1. The van der Waals surface area contributed by atoms with Crippen molar-refractivity contribution in [3.05, 3.63) is 29.3 Å². The number of aliphatic imine (C=N–C) groups is 1. The van der Waals surface area contributed by atoms with Crippen molar-refractivity contribution in [2.24, 2.45) is 10.7 Å². The summed E-state index contributed by atoms with van der Waals surface area (Å²) >= 11 is 1.56. The van der Waals surface area contributed by atoms with E-state index in [9.17, 15) is 9.59 Å². The topological polar surface area (TPSA) is 146 Å². The van der Waals surface area contributed by atoms with Gasteiger partial charge in [0.2, 0.25) is 5.91 Å². The Bertz CT molecular complexity index is 857. The van der Waals surface area contributed by atoms with Crippen molar-refractivity contribution in [2.75, 3.05) is 84.4 Å². The molecule has 0 radical (unpaired) electrons. The van der Waals surface area contributed by atoms with Crippen LogP contribution in [0.3, 0.4) is 0 Å². The Morgan fingerprint density at radius 1 is 1.03 bits per heavy atom. The van der Waals surface area contributed by atoms with Crippen LogP contribution in [0.1, 0.15) is 29.3 Å². The Hall–Kier alpha value is -2.22. The number of amides is 2. The van der Waals surface area contributed by atoms with E-state index in [1.165, 1.54) is 0 Å². The van der Waals surface area contributed by atoms with Crippen molar-refractivity contribution in [1.29, 1.82) is 0 Å². The molecule has 5 N–H and O–H groups in total. The summed E-state index contributed by atoms with van der Waals surface area (Å²) in [7, 11) is 0. The van der Waals surface area contributed by atoms with Gasteiger partial charge in [-0.3, -0.25) is 14.6 Å². The second kappa shape index (κ2) is 18.9. The average molecular weight is 540 g/mol. The highest BCUT2D eigenvalue weighted by Gasteiger charge is 2.18. The number of thioether (sulfide) groups is 1. The summed E-state index contributed by atoms with van der Waals surface area (Å²) in [6.07, 6.45) is 0.858. The van der Waals surface area contributed by atoms with E-state index in [4.69, 9.17) is 24.7 Å². The number of nitrogens with zero attached hydrogens (tertiary/aromatic N) is 1. The van der Waals surface area contributed by atoms with Crippen molar-refractivity contribution < 1.29 is 28.5 Å². The predicted molar refractivity (Wildman–Crippen MR) is 146 cm³/mol. The Balaban J connectivity index is 1.46. The maximum Gasteiger partial charge on any atom is 0.257 e. The number of benzene rings is 1. The van der Waals surface area contributed by atoms with Crippen LogP contribution < -0.4 is 21.7 Å². The molecule has 0 spiro atoms. The number of carbonyl (C=O) groups is 2. The number of anilines is 1. The van der Waals surface area contributed by atoms with Crippen LogP contribution in [0.25, 0.3) is 0 Å². The first-order valence-corrected chi connectivity index (χ1v) is 13.5. The molecule has 1 aliphatic heterocycles. The van der Waals surface area contributed by atoms with Crippen LogP contribution >= 0.6 is 11.8 Å². The largest absolute Gasteiger partial charge is 0.379 e. The molecule has 2 amide bonds. The van der Waals surface area contributed by atoms with Gasteiger partial charge in [0.25, 0.3) is 5.91 Å². The monoisotopic (exact) mass is 539 g/mol. The Labute approximate surface area is 223 Å². The predicted octanol–water partition coefficient (Wildman–Crippen LogP) is 1.16. The molecular weight excluding hydrogens is 498 g/mol. The van der Waals surface area contributed by atoms with Crippen LogP contribution in [0.4, 0.5) is 5.69 Å². The number of aryl methyl sites for hydroxylation is 1. The maximum absolute atomic E-state index is 12.5. The van der Waals surface area contributed by atoms with Crippen molar-refractivity contribution in [3.63, 3.8) is 0 Å². The number of rotatable bonds is 19. The number of amidine groups is 1. The molecule has 0 bridgehead atoms. The molecule has 0 saturated carbocycles. The van der Waals surface area contributed by atoms with Gasteiger partial charge in [0.05, 0.1) is 59.3 Å². The third-order valence-electron chi connectivity index (χ3n) is 5.13. The SMILES string of the molecule is Cc1cc(NCC(=O)NCCOCCOCCOCCOCCCN)ccc1C(=O)NC1=NCC(C)S1. The molecule has 1 atom stereocenters. The molecule has 37 heavy (non-hydrogen) atoms. The van der Waals surface area contributed by atoms with Gasteiger partial charge in [-0.1, -0.05) is 18.7 Å². The molecule has 1 aromatic carbocycles. The Morgan fingerprint density at radius 2 is 1.68 bits per heavy atom. The Morgan fingerprint density at radius 3 is 2.27 bits per heavy atom. The summed E-state index contributed by atoms with van der Waals surface area (Å²) in [5.41, 5.74) is 7.54. The van der Waals surface area contributed by atoms with Crippen LogP contribution in [0.5, 0.6) is 0 Å². The lowest BCUT2D eigenvalue weighted by molar-refractivity contribution is -0.119. The molecule has 12 heteroatoms. The van der Waals surface area contributed by atoms with Gasteiger partial charge in [0.1, 0.15) is 0 Å². The molecular formula is C25H41N5O6S. The molecule has 0 aromatic heterocycles. The zero-order valence-electron chi connectivity index (χ0n) is 21.9. The van der Waals surface area contributed by atoms with Gasteiger partial charge in [-0.05, 0) is 43.7 Å². The zero-order valence-corrected chi connectivity index (χ0v) is 22.7. The summed E-state index contributed by atoms with van der Waals surface area (Å²) in [5.74, 6) is -0.324. The van der Waals surface area contributed by atoms with E-state index in [0.29, 0.717) is 88.5 Å². The van der Waals surface area contributed by atoms with Crippen LogP contribution in [-0.4, -0.2) is 101 Å². The van der Waals surface area contributed by atoms with Crippen LogP contribution in [0.2, 0.25) is 0 Å². The molecule has 2 rings (SSSR count). The normalized spacial score (nSPS) is 14.9. The number of nitrogens with two attached hydrogens (primary N) is 1. The van der Waals surface area contributed by atoms with Gasteiger partial charge in [-0.15, -0.1) is 0 Å². The van der Waals surface area contributed by atoms with Crippen molar-refractivity contribution in [1.82, 2.24) is 10.6 Å². The summed E-state index contributed by atoms with van der Waals surface area (Å²) in [6, 6.07) is 5.38. The summed E-state index contributed by atoms with van der Waals surface area (Å²) in [5, 5.41) is 9.77. The maximum atomic E-state index is 12.5. The summed E-state index contributed by atoms with van der Waals surface area (Å²) < 4.78 is 21.6. The number of hydrogen-bond donors (Lipinski definition) is 4. The fourth-order valence-electron chi connectivity index (χ4n) is 3.19. The quantitative estimate of drug-likeness (QED) is 0.190. The third-order valence-corrected chi connectivity index (χ3v) is 6.13. The highest BCUT2D eigenvalue weighted by Crippen LogP contribution is 2.20. The highest BCUT2D eigenvalue weighted by molar-refractivity contribution is 8.14. The number of nitrogens with one attached hydrogen (secondary N) is 3.